The number of hydrogen-bond donors (Lipinski definition) is 3. The van der Waals surface area contributed by atoms with Gasteiger partial charge in [-0.15, -0.1) is 13.2 Å². The molecule has 39 heavy (non-hydrogen) atoms. The van der Waals surface area contributed by atoms with Crippen LogP contribution < -0.4 is 10.6 Å². The Hall–Kier alpha value is -3.98. The average molecular weight is 536 g/mol. The largest absolute Gasteiger partial charge is 0.463 e. The molecule has 0 bridgehead atoms. The number of nitrogens with one attached hydrogen (secondary N) is 2. The van der Waals surface area contributed by atoms with Crippen LogP contribution in [-0.4, -0.2) is 65.5 Å². The van der Waals surface area contributed by atoms with E-state index in [2.05, 4.69) is 23.8 Å². The van der Waals surface area contributed by atoms with E-state index in [0.29, 0.717) is 18.7 Å². The van der Waals surface area contributed by atoms with Crippen molar-refractivity contribution in [3.63, 3.8) is 0 Å². The molecule has 1 aliphatic rings. The second-order valence-corrected chi connectivity index (χ2v) is 9.61. The summed E-state index contributed by atoms with van der Waals surface area (Å²) in [6, 6.07) is 11.7. The van der Waals surface area contributed by atoms with Gasteiger partial charge in [-0.1, -0.05) is 42.5 Å². The van der Waals surface area contributed by atoms with Gasteiger partial charge in [-0.3, -0.25) is 19.2 Å². The number of likely N-dealkylation sites (tertiary alicyclic amines) is 1. The Kier molecular flexibility index (Phi) is 11.2. The summed E-state index contributed by atoms with van der Waals surface area (Å²) in [5.41, 5.74) is 0.526. The van der Waals surface area contributed by atoms with Gasteiger partial charge in [0.2, 0.25) is 11.8 Å². The summed E-state index contributed by atoms with van der Waals surface area (Å²) in [6.45, 7) is 7.32. The van der Waals surface area contributed by atoms with Crippen molar-refractivity contribution in [1.29, 1.82) is 0 Å². The van der Waals surface area contributed by atoms with Gasteiger partial charge in [0.1, 0.15) is 12.6 Å². The number of esters is 1. The van der Waals surface area contributed by atoms with Crippen molar-refractivity contribution >= 4 is 40.2 Å². The third kappa shape index (κ3) is 8.51. The zero-order valence-electron chi connectivity index (χ0n) is 22.1. The number of rotatable bonds is 14. The molecule has 0 radical (unpaired) electrons. The van der Waals surface area contributed by atoms with Crippen LogP contribution in [0.1, 0.15) is 38.5 Å². The quantitative estimate of drug-likeness (QED) is 0.252. The lowest BCUT2D eigenvalue weighted by Gasteiger charge is -2.26. The SMILES string of the molecule is C=CCCC(=O)OCC(NC(=O)C(CC=C)CC(=O)N1CCCC1CO)C(=O)Nc1ccc2ccccc2c1. The lowest BCUT2D eigenvalue weighted by atomic mass is 9.98. The first-order valence-electron chi connectivity index (χ1n) is 13.2. The van der Waals surface area contributed by atoms with Crippen molar-refractivity contribution in [2.45, 2.75) is 50.6 Å². The Morgan fingerprint density at radius 2 is 1.85 bits per heavy atom. The highest BCUT2D eigenvalue weighted by molar-refractivity contribution is 5.99. The van der Waals surface area contributed by atoms with Crippen LogP contribution in [0.2, 0.25) is 0 Å². The molecule has 3 unspecified atom stereocenters. The summed E-state index contributed by atoms with van der Waals surface area (Å²) < 4.78 is 5.28. The van der Waals surface area contributed by atoms with E-state index in [4.69, 9.17) is 4.74 Å². The first-order valence-corrected chi connectivity index (χ1v) is 13.2. The predicted octanol–water partition coefficient (Wildman–Crippen LogP) is 3.34. The molecule has 3 atom stereocenters. The first kappa shape index (κ1) is 29.6. The lowest BCUT2D eigenvalue weighted by molar-refractivity contribution is -0.146. The molecule has 0 spiro atoms. The van der Waals surface area contributed by atoms with Gasteiger partial charge in [-0.05, 0) is 48.6 Å². The van der Waals surface area contributed by atoms with Crippen molar-refractivity contribution in [1.82, 2.24) is 10.2 Å². The minimum atomic E-state index is -1.18. The van der Waals surface area contributed by atoms with Crippen molar-refractivity contribution in [2.24, 2.45) is 5.92 Å². The van der Waals surface area contributed by atoms with Crippen LogP contribution >= 0.6 is 0 Å². The standard InChI is InChI=1S/C30H37N3O6/c1-3-5-13-28(36)39-20-26(30(38)31-24-15-14-21-10-6-7-11-22(21)17-24)32-29(37)23(9-4-2)18-27(35)33-16-8-12-25(33)19-34/h3-4,6-7,10-11,14-15,17,23,25-26,34H,1-2,5,8-9,12-13,16,18-20H2,(H,31,38)(H,32,37). The van der Waals surface area contributed by atoms with E-state index in [9.17, 15) is 24.3 Å². The van der Waals surface area contributed by atoms with Gasteiger partial charge < -0.3 is 25.4 Å². The molecule has 0 aromatic heterocycles. The Bertz CT molecular complexity index is 1200. The Balaban J connectivity index is 1.72. The van der Waals surface area contributed by atoms with Gasteiger partial charge >= 0.3 is 5.97 Å². The van der Waals surface area contributed by atoms with Gasteiger partial charge in [-0.2, -0.15) is 0 Å². The molecule has 1 saturated heterocycles. The molecule has 208 valence electrons. The van der Waals surface area contributed by atoms with Crippen LogP contribution in [0.25, 0.3) is 10.8 Å². The molecule has 1 heterocycles. The van der Waals surface area contributed by atoms with Crippen LogP contribution in [0, 0.1) is 5.92 Å². The van der Waals surface area contributed by atoms with Crippen LogP contribution in [-0.2, 0) is 23.9 Å². The van der Waals surface area contributed by atoms with Crippen LogP contribution in [0.4, 0.5) is 5.69 Å². The topological polar surface area (TPSA) is 125 Å². The van der Waals surface area contributed by atoms with E-state index in [1.807, 2.05) is 36.4 Å². The number of aliphatic hydroxyl groups excluding tert-OH is 1. The van der Waals surface area contributed by atoms with Gasteiger partial charge in [-0.25, -0.2) is 0 Å². The molecule has 3 N–H and O–H groups in total. The fourth-order valence-corrected chi connectivity index (χ4v) is 4.60. The highest BCUT2D eigenvalue weighted by Gasteiger charge is 2.32. The number of benzene rings is 2. The second kappa shape index (κ2) is 14.8. The number of anilines is 1. The number of nitrogens with zero attached hydrogens (tertiary/aromatic N) is 1. The molecular weight excluding hydrogens is 498 g/mol. The van der Waals surface area contributed by atoms with E-state index in [0.717, 1.165) is 23.6 Å². The van der Waals surface area contributed by atoms with E-state index in [1.54, 1.807) is 23.1 Å². The van der Waals surface area contributed by atoms with E-state index >= 15 is 0 Å². The van der Waals surface area contributed by atoms with Crippen molar-refractivity contribution in [3.05, 3.63) is 67.8 Å². The molecule has 2 aromatic carbocycles. The maximum absolute atomic E-state index is 13.3. The van der Waals surface area contributed by atoms with Gasteiger partial charge in [0.15, 0.2) is 0 Å². The Labute approximate surface area is 228 Å². The highest BCUT2D eigenvalue weighted by atomic mass is 16.5. The first-order chi connectivity index (χ1) is 18.9. The molecule has 0 saturated carbocycles. The smallest absolute Gasteiger partial charge is 0.306 e. The fraction of sp³-hybridized carbons (Fsp3) is 0.400. The number of carbonyl (C=O) groups is 4. The summed E-state index contributed by atoms with van der Waals surface area (Å²) in [5, 5.41) is 17.0. The summed E-state index contributed by atoms with van der Waals surface area (Å²) >= 11 is 0. The van der Waals surface area contributed by atoms with Gasteiger partial charge in [0.05, 0.1) is 18.6 Å². The molecule has 3 rings (SSSR count). The molecular formula is C30H37N3O6. The van der Waals surface area contributed by atoms with Gasteiger partial charge in [0.25, 0.3) is 5.91 Å². The minimum Gasteiger partial charge on any atom is -0.463 e. The van der Waals surface area contributed by atoms with Crippen LogP contribution in [0.15, 0.2) is 67.8 Å². The number of fused-ring (bicyclic) bond motifs is 1. The third-order valence-electron chi connectivity index (χ3n) is 6.76. The van der Waals surface area contributed by atoms with Crippen molar-refractivity contribution < 1.29 is 29.0 Å². The highest BCUT2D eigenvalue weighted by Crippen LogP contribution is 2.22. The maximum atomic E-state index is 13.3. The average Bonchev–Trinajstić information content (AvgIpc) is 3.43. The van der Waals surface area contributed by atoms with Gasteiger partial charge in [0, 0.05) is 25.1 Å². The van der Waals surface area contributed by atoms with E-state index in [1.165, 1.54) is 0 Å². The molecule has 2 aromatic rings. The summed E-state index contributed by atoms with van der Waals surface area (Å²) in [7, 11) is 0. The molecule has 1 aliphatic heterocycles. The Morgan fingerprint density at radius 1 is 1.08 bits per heavy atom. The van der Waals surface area contributed by atoms with Crippen LogP contribution in [0.5, 0.6) is 0 Å². The van der Waals surface area contributed by atoms with Crippen LogP contribution in [0.3, 0.4) is 0 Å². The number of hydrogen-bond acceptors (Lipinski definition) is 6. The zero-order chi connectivity index (χ0) is 28.2. The van der Waals surface area contributed by atoms with Crippen molar-refractivity contribution in [3.8, 4) is 0 Å². The van der Waals surface area contributed by atoms with Crippen molar-refractivity contribution in [2.75, 3.05) is 25.1 Å². The summed E-state index contributed by atoms with van der Waals surface area (Å²) in [6.07, 6.45) is 5.30. The minimum absolute atomic E-state index is 0.0908. The fourth-order valence-electron chi connectivity index (χ4n) is 4.60. The Morgan fingerprint density at radius 3 is 2.56 bits per heavy atom. The zero-order valence-corrected chi connectivity index (χ0v) is 22.1. The molecule has 3 amide bonds. The number of aliphatic hydroxyl groups is 1. The molecule has 1 fully saturated rings. The van der Waals surface area contributed by atoms with E-state index in [-0.39, 0.29) is 44.4 Å². The number of carbonyl (C=O) groups excluding carboxylic acids is 4. The number of ether oxygens (including phenoxy) is 1. The monoisotopic (exact) mass is 535 g/mol. The molecule has 9 nitrogen and oxygen atoms in total. The summed E-state index contributed by atoms with van der Waals surface area (Å²) in [4.78, 5) is 53.2. The normalized spacial score (nSPS) is 16.2. The van der Waals surface area contributed by atoms with E-state index < -0.39 is 29.7 Å². The molecule has 9 heteroatoms. The second-order valence-electron chi connectivity index (χ2n) is 9.61. The lowest BCUT2D eigenvalue weighted by Crippen LogP contribution is -2.49. The number of allylic oxidation sites excluding steroid dienone is 2. The molecule has 0 aliphatic carbocycles. The number of amides is 3. The maximum Gasteiger partial charge on any atom is 0.306 e. The summed E-state index contributed by atoms with van der Waals surface area (Å²) in [5.74, 6) is -2.61. The predicted molar refractivity (Wildman–Crippen MR) is 150 cm³/mol. The third-order valence-corrected chi connectivity index (χ3v) is 6.76.